The second-order valence-electron chi connectivity index (χ2n) is 8.98. The van der Waals surface area contributed by atoms with Gasteiger partial charge >= 0.3 is 0 Å². The number of rotatable bonds is 10. The molecule has 0 radical (unpaired) electrons. The van der Waals surface area contributed by atoms with Gasteiger partial charge in [-0.3, -0.25) is 9.59 Å². The van der Waals surface area contributed by atoms with Gasteiger partial charge < -0.3 is 20.3 Å². The molecule has 1 fully saturated rings. The van der Waals surface area contributed by atoms with E-state index in [1.54, 1.807) is 12.1 Å². The van der Waals surface area contributed by atoms with Crippen LogP contribution in [0.3, 0.4) is 0 Å². The van der Waals surface area contributed by atoms with Gasteiger partial charge in [0.25, 0.3) is 0 Å². The molecular formula is C26H29N5O5. The fourth-order valence-electron chi connectivity index (χ4n) is 4.68. The molecule has 0 aliphatic carbocycles. The van der Waals surface area contributed by atoms with E-state index in [9.17, 15) is 25.1 Å². The molecule has 1 saturated heterocycles. The van der Waals surface area contributed by atoms with Crippen molar-refractivity contribution in [1.82, 2.24) is 14.6 Å². The Labute approximate surface area is 208 Å². The van der Waals surface area contributed by atoms with Crippen molar-refractivity contribution in [2.75, 3.05) is 11.9 Å². The van der Waals surface area contributed by atoms with Gasteiger partial charge in [-0.25, -0.2) is 9.50 Å². The number of nitrogens with zero attached hydrogens (tertiary/aromatic N) is 4. The summed E-state index contributed by atoms with van der Waals surface area (Å²) in [6, 6.07) is 14.5. The molecule has 3 N–H and O–H groups in total. The van der Waals surface area contributed by atoms with E-state index in [-0.39, 0.29) is 36.0 Å². The van der Waals surface area contributed by atoms with Crippen LogP contribution in [0.5, 0.6) is 0 Å². The Balaban J connectivity index is 1.62. The van der Waals surface area contributed by atoms with E-state index < -0.39 is 30.3 Å². The lowest BCUT2D eigenvalue weighted by Crippen LogP contribution is -2.39. The van der Waals surface area contributed by atoms with E-state index in [0.29, 0.717) is 11.9 Å². The lowest BCUT2D eigenvalue weighted by Gasteiger charge is -2.25. The van der Waals surface area contributed by atoms with E-state index in [0.717, 1.165) is 18.4 Å². The third-order valence-electron chi connectivity index (χ3n) is 6.54. The van der Waals surface area contributed by atoms with E-state index in [1.165, 1.54) is 10.8 Å². The predicted molar refractivity (Wildman–Crippen MR) is 130 cm³/mol. The topological polar surface area (TPSA) is 150 Å². The molecule has 4 atom stereocenters. The zero-order chi connectivity index (χ0) is 25.7. The number of hydrogen-bond donors (Lipinski definition) is 3. The molecule has 0 bridgehead atoms. The summed E-state index contributed by atoms with van der Waals surface area (Å²) < 4.78 is 7.35. The van der Waals surface area contributed by atoms with Gasteiger partial charge in [0.1, 0.15) is 29.8 Å². The third kappa shape index (κ3) is 4.86. The Morgan fingerprint density at radius 3 is 2.72 bits per heavy atom. The Hall–Kier alpha value is -3.65. The fourth-order valence-corrected chi connectivity index (χ4v) is 4.68. The van der Waals surface area contributed by atoms with Crippen LogP contribution in [0.1, 0.15) is 43.9 Å². The largest absolute Gasteiger partial charge is 0.394 e. The number of aromatic nitrogens is 3. The van der Waals surface area contributed by atoms with Crippen molar-refractivity contribution in [3.63, 3.8) is 0 Å². The summed E-state index contributed by atoms with van der Waals surface area (Å²) in [6.07, 6.45) is 0.970. The number of amides is 1. The van der Waals surface area contributed by atoms with Crippen LogP contribution < -0.4 is 5.32 Å². The normalized spacial score (nSPS) is 23.4. The molecule has 3 aromatic rings. The van der Waals surface area contributed by atoms with Gasteiger partial charge in [0.15, 0.2) is 5.82 Å². The maximum absolute atomic E-state index is 12.8. The number of anilines is 1. The van der Waals surface area contributed by atoms with Crippen molar-refractivity contribution in [2.24, 2.45) is 5.92 Å². The maximum Gasteiger partial charge on any atom is 0.225 e. The number of benzene rings is 1. The van der Waals surface area contributed by atoms with Crippen molar-refractivity contribution in [2.45, 2.75) is 56.8 Å². The van der Waals surface area contributed by atoms with Gasteiger partial charge in [0.2, 0.25) is 11.5 Å². The second kappa shape index (κ2) is 11.0. The summed E-state index contributed by atoms with van der Waals surface area (Å²) in [5.74, 6) is -0.858. The van der Waals surface area contributed by atoms with Crippen molar-refractivity contribution in [3.8, 4) is 6.07 Å². The average molecular weight is 492 g/mol. The number of nitriles is 1. The van der Waals surface area contributed by atoms with Crippen LogP contribution in [0.4, 0.5) is 5.82 Å². The molecule has 1 aromatic carbocycles. The number of ketones is 1. The zero-order valence-corrected chi connectivity index (χ0v) is 20.0. The highest BCUT2D eigenvalue weighted by Gasteiger charge is 2.57. The van der Waals surface area contributed by atoms with Gasteiger partial charge in [-0.05, 0) is 24.1 Å². The van der Waals surface area contributed by atoms with Crippen LogP contribution in [0.25, 0.3) is 5.52 Å². The summed E-state index contributed by atoms with van der Waals surface area (Å²) in [5.41, 5.74) is -0.400. The molecule has 2 aromatic heterocycles. The highest BCUT2D eigenvalue weighted by Crippen LogP contribution is 2.44. The molecule has 0 spiro atoms. The minimum Gasteiger partial charge on any atom is -0.394 e. The third-order valence-corrected chi connectivity index (χ3v) is 6.54. The summed E-state index contributed by atoms with van der Waals surface area (Å²) in [5, 5.41) is 38.5. The van der Waals surface area contributed by atoms with E-state index in [2.05, 4.69) is 21.5 Å². The summed E-state index contributed by atoms with van der Waals surface area (Å²) >= 11 is 0. The van der Waals surface area contributed by atoms with Crippen LogP contribution in [0.15, 0.2) is 48.8 Å². The lowest BCUT2D eigenvalue weighted by molar-refractivity contribution is -0.120. The Morgan fingerprint density at radius 1 is 1.25 bits per heavy atom. The first-order chi connectivity index (χ1) is 17.4. The molecule has 1 amide bonds. The van der Waals surface area contributed by atoms with Crippen LogP contribution in [-0.2, 0) is 26.3 Å². The number of Topliss-reactive ketones (excluding diaryl/α,β-unsaturated/α-hetero) is 1. The smallest absolute Gasteiger partial charge is 0.225 e. The van der Waals surface area contributed by atoms with Crippen molar-refractivity contribution in [1.29, 1.82) is 5.26 Å². The van der Waals surface area contributed by atoms with Gasteiger partial charge in [0, 0.05) is 25.2 Å². The summed E-state index contributed by atoms with van der Waals surface area (Å²) in [4.78, 5) is 29.2. The number of carbonyl (C=O) groups excluding carboxylic acids is 2. The highest BCUT2D eigenvalue weighted by atomic mass is 16.5. The molecule has 36 heavy (non-hydrogen) atoms. The quantitative estimate of drug-likeness (QED) is 0.390. The molecular weight excluding hydrogens is 462 g/mol. The molecule has 188 valence electrons. The van der Waals surface area contributed by atoms with E-state index >= 15 is 0 Å². The number of aliphatic hydroxyl groups is 2. The van der Waals surface area contributed by atoms with Crippen LogP contribution in [-0.4, -0.2) is 55.3 Å². The number of carbonyl (C=O) groups is 2. The summed E-state index contributed by atoms with van der Waals surface area (Å²) in [6.45, 7) is 1.52. The fraction of sp³-hybridized carbons (Fsp3) is 0.423. The zero-order valence-electron chi connectivity index (χ0n) is 20.0. The minimum atomic E-state index is -1.88. The predicted octanol–water partition coefficient (Wildman–Crippen LogP) is 2.15. The average Bonchev–Trinajstić information content (AvgIpc) is 3.44. The van der Waals surface area contributed by atoms with Gasteiger partial charge in [0.05, 0.1) is 18.4 Å². The van der Waals surface area contributed by atoms with Crippen molar-refractivity contribution < 1.29 is 24.5 Å². The number of unbranched alkanes of at least 4 members (excludes halogenated alkanes) is 1. The molecule has 10 heteroatoms. The Bertz CT molecular complexity index is 1270. The molecule has 3 heterocycles. The monoisotopic (exact) mass is 491 g/mol. The number of hydrogen-bond acceptors (Lipinski definition) is 8. The number of fused-ring (bicyclic) bond motifs is 1. The maximum atomic E-state index is 12.8. The first-order valence-corrected chi connectivity index (χ1v) is 12.0. The van der Waals surface area contributed by atoms with Crippen molar-refractivity contribution in [3.05, 3.63) is 60.0 Å². The first-order valence-electron chi connectivity index (χ1n) is 12.0. The van der Waals surface area contributed by atoms with Crippen LogP contribution >= 0.6 is 0 Å². The standard InChI is InChI=1S/C26H29N5O5/c1-2-3-9-23(34)30-25-20-10-11-22(31(20)29-16-28-25)26(15-27)24(35)19(21(14-32)36-26)13-18(33)12-17-7-5-4-6-8-17/h4-8,10-11,16,19,21,24,32,35H,2-3,9,12-14H2,1H3,(H,28,29,30,34)/t19-,21-,24-,26?/m1/s1. The van der Waals surface area contributed by atoms with E-state index in [1.807, 2.05) is 37.3 Å². The molecule has 10 nitrogen and oxygen atoms in total. The minimum absolute atomic E-state index is 0.0677. The van der Waals surface area contributed by atoms with Crippen LogP contribution in [0, 0.1) is 17.2 Å². The molecule has 1 aliphatic heterocycles. The van der Waals surface area contributed by atoms with Gasteiger partial charge in [-0.15, -0.1) is 0 Å². The first kappa shape index (κ1) is 25.4. The van der Waals surface area contributed by atoms with Crippen LogP contribution in [0.2, 0.25) is 0 Å². The Kier molecular flexibility index (Phi) is 7.74. The highest BCUT2D eigenvalue weighted by molar-refractivity contribution is 5.93. The second-order valence-corrected chi connectivity index (χ2v) is 8.98. The lowest BCUT2D eigenvalue weighted by atomic mass is 9.83. The number of ether oxygens (including phenoxy) is 1. The molecule has 1 unspecified atom stereocenters. The molecule has 0 saturated carbocycles. The van der Waals surface area contributed by atoms with Gasteiger partial charge in [-0.2, -0.15) is 10.4 Å². The summed E-state index contributed by atoms with van der Waals surface area (Å²) in [7, 11) is 0. The number of nitrogens with one attached hydrogen (secondary N) is 1. The SMILES string of the molecule is CCCCC(=O)Nc1ncnn2c(C3(C#N)O[C@H](CO)[C@@H](CC(=O)Cc4ccccc4)[C@H]3O)ccc12. The van der Waals surface area contributed by atoms with Crippen molar-refractivity contribution >= 4 is 23.0 Å². The number of aliphatic hydroxyl groups excluding tert-OH is 2. The van der Waals surface area contributed by atoms with Gasteiger partial charge in [-0.1, -0.05) is 43.7 Å². The van der Waals surface area contributed by atoms with E-state index in [4.69, 9.17) is 4.74 Å². The molecule has 4 rings (SSSR count). The molecule has 1 aliphatic rings. The Morgan fingerprint density at radius 2 is 2.03 bits per heavy atom.